The van der Waals surface area contributed by atoms with Gasteiger partial charge in [0.2, 0.25) is 0 Å². The van der Waals surface area contributed by atoms with Gasteiger partial charge in [0.15, 0.2) is 11.6 Å². The molecule has 8 nitrogen and oxygen atoms in total. The number of hydrogen-bond donors (Lipinski definition) is 2. The highest BCUT2D eigenvalue weighted by atomic mass is 32.2. The number of nitrogens with zero attached hydrogens (tertiary/aromatic N) is 2. The van der Waals surface area contributed by atoms with Gasteiger partial charge in [0.25, 0.3) is 0 Å². The van der Waals surface area contributed by atoms with Gasteiger partial charge in [-0.25, -0.2) is 4.79 Å². The molecular formula is C24H14N4O4S. The van der Waals surface area contributed by atoms with Crippen molar-refractivity contribution in [3.63, 3.8) is 0 Å². The molecule has 2 heterocycles. The van der Waals surface area contributed by atoms with Crippen LogP contribution in [0.25, 0.3) is 11.0 Å². The molecule has 160 valence electrons. The highest BCUT2D eigenvalue weighted by molar-refractivity contribution is 8.03. The molecule has 0 saturated heterocycles. The van der Waals surface area contributed by atoms with Crippen LogP contribution in [0.4, 0.5) is 0 Å². The van der Waals surface area contributed by atoms with Crippen molar-refractivity contribution >= 4 is 34.3 Å². The molecule has 1 aliphatic carbocycles. The highest BCUT2D eigenvalue weighted by Gasteiger charge is 2.28. The lowest BCUT2D eigenvalue weighted by Crippen LogP contribution is -2.28. The van der Waals surface area contributed by atoms with Crippen molar-refractivity contribution in [1.82, 2.24) is 5.32 Å². The number of Topliss-reactive ketones (excluding diaryl/α,β-unsaturated/α-hetero) is 1. The van der Waals surface area contributed by atoms with Crippen molar-refractivity contribution in [2.75, 3.05) is 5.75 Å². The molecule has 0 saturated carbocycles. The standard InChI is InChI=1S/C24H14N4O4S/c25-10-17-21(13-5-7-15(29)8-6-13)18(11-26)23(28-22(17)27)33-12-19(30)16-9-14-3-1-2-4-20(14)32-24(16)31/h1-9,28H,12,27H2. The number of nitriles is 2. The number of allylic oxidation sites excluding steroid dienone is 8. The lowest BCUT2D eigenvalue weighted by Gasteiger charge is -2.23. The van der Waals surface area contributed by atoms with E-state index in [1.807, 2.05) is 12.1 Å². The first kappa shape index (κ1) is 21.6. The zero-order valence-electron chi connectivity index (χ0n) is 16.9. The Morgan fingerprint density at radius 1 is 1.06 bits per heavy atom. The van der Waals surface area contributed by atoms with Crippen LogP contribution in [0.2, 0.25) is 0 Å². The summed E-state index contributed by atoms with van der Waals surface area (Å²) in [6.45, 7) is 0. The molecule has 1 aliphatic heterocycles. The summed E-state index contributed by atoms with van der Waals surface area (Å²) in [7, 11) is 0. The number of rotatable bonds is 4. The Kier molecular flexibility index (Phi) is 5.81. The van der Waals surface area contributed by atoms with Crippen molar-refractivity contribution in [3.05, 3.63) is 104 Å². The smallest absolute Gasteiger partial charge is 0.347 e. The second-order valence-corrected chi connectivity index (χ2v) is 7.92. The van der Waals surface area contributed by atoms with Gasteiger partial charge in [-0.2, -0.15) is 10.5 Å². The number of ketones is 2. The molecule has 0 bridgehead atoms. The summed E-state index contributed by atoms with van der Waals surface area (Å²) in [5, 5.41) is 23.1. The first-order valence-electron chi connectivity index (χ1n) is 9.58. The fraction of sp³-hybridized carbons (Fsp3) is 0.0417. The lowest BCUT2D eigenvalue weighted by atomic mass is 9.90. The number of hydrogen-bond acceptors (Lipinski definition) is 9. The van der Waals surface area contributed by atoms with Gasteiger partial charge in [0, 0.05) is 11.0 Å². The minimum Gasteiger partial charge on any atom is -0.422 e. The number of nitrogens with one attached hydrogen (secondary N) is 1. The fourth-order valence-electron chi connectivity index (χ4n) is 3.33. The predicted octanol–water partition coefficient (Wildman–Crippen LogP) is 2.73. The third kappa shape index (κ3) is 4.13. The van der Waals surface area contributed by atoms with E-state index in [1.54, 1.807) is 24.3 Å². The summed E-state index contributed by atoms with van der Waals surface area (Å²) >= 11 is 0.975. The molecule has 0 atom stereocenters. The van der Waals surface area contributed by atoms with Gasteiger partial charge >= 0.3 is 5.63 Å². The van der Waals surface area contributed by atoms with Crippen LogP contribution in [0.15, 0.2) is 97.0 Å². The number of carbonyl (C=O) groups excluding carboxylic acids is 2. The van der Waals surface area contributed by atoms with Crippen LogP contribution in [-0.2, 0) is 4.79 Å². The van der Waals surface area contributed by atoms with E-state index in [2.05, 4.69) is 5.32 Å². The van der Waals surface area contributed by atoms with Gasteiger partial charge in [-0.3, -0.25) is 9.59 Å². The monoisotopic (exact) mass is 454 g/mol. The van der Waals surface area contributed by atoms with Crippen LogP contribution >= 0.6 is 11.8 Å². The average molecular weight is 454 g/mol. The number of dihydropyridines is 1. The summed E-state index contributed by atoms with van der Waals surface area (Å²) in [6, 6.07) is 12.3. The maximum absolute atomic E-state index is 12.8. The van der Waals surface area contributed by atoms with Gasteiger partial charge < -0.3 is 15.5 Å². The molecule has 2 aliphatic rings. The van der Waals surface area contributed by atoms with Gasteiger partial charge in [-0.05, 0) is 29.9 Å². The predicted molar refractivity (Wildman–Crippen MR) is 122 cm³/mol. The summed E-state index contributed by atoms with van der Waals surface area (Å²) < 4.78 is 5.22. The van der Waals surface area contributed by atoms with Gasteiger partial charge in [0.05, 0.1) is 16.4 Å². The largest absolute Gasteiger partial charge is 0.422 e. The Labute approximate surface area is 191 Å². The van der Waals surface area contributed by atoms with Crippen LogP contribution in [0.5, 0.6) is 0 Å². The van der Waals surface area contributed by atoms with Crippen LogP contribution in [-0.4, -0.2) is 17.3 Å². The first-order valence-corrected chi connectivity index (χ1v) is 10.6. The number of fused-ring (bicyclic) bond motifs is 1. The summed E-state index contributed by atoms with van der Waals surface area (Å²) in [5.74, 6) is -0.881. The Bertz CT molecular complexity index is 1510. The molecule has 9 heteroatoms. The number of nitrogens with two attached hydrogens (primary N) is 1. The third-order valence-corrected chi connectivity index (χ3v) is 5.90. The second-order valence-electron chi connectivity index (χ2n) is 6.94. The zero-order chi connectivity index (χ0) is 23.5. The number of benzene rings is 1. The van der Waals surface area contributed by atoms with E-state index >= 15 is 0 Å². The summed E-state index contributed by atoms with van der Waals surface area (Å²) in [4.78, 5) is 36.5. The Balaban J connectivity index is 1.68. The van der Waals surface area contributed by atoms with E-state index in [0.29, 0.717) is 16.5 Å². The minimum atomic E-state index is -0.749. The SMILES string of the molecule is N#CC1=C(N)NC(SCC(=O)c2cc3ccccc3oc2=O)=C(C#N)C1=C1C=CC(=O)C=C1. The van der Waals surface area contributed by atoms with Crippen molar-refractivity contribution in [3.8, 4) is 12.1 Å². The van der Waals surface area contributed by atoms with Gasteiger partial charge in [-0.1, -0.05) is 42.1 Å². The highest BCUT2D eigenvalue weighted by Crippen LogP contribution is 2.35. The molecule has 0 spiro atoms. The molecule has 1 aromatic carbocycles. The van der Waals surface area contributed by atoms with Gasteiger partial charge in [-0.15, -0.1) is 0 Å². The molecule has 0 unspecified atom stereocenters. The molecule has 0 radical (unpaired) electrons. The first-order chi connectivity index (χ1) is 15.9. The Morgan fingerprint density at radius 3 is 2.45 bits per heavy atom. The van der Waals surface area contributed by atoms with Crippen molar-refractivity contribution in [1.29, 1.82) is 10.5 Å². The van der Waals surface area contributed by atoms with Crippen molar-refractivity contribution in [2.24, 2.45) is 5.73 Å². The van der Waals surface area contributed by atoms with Crippen LogP contribution in [0.1, 0.15) is 10.4 Å². The molecule has 0 amide bonds. The van der Waals surface area contributed by atoms with E-state index in [1.165, 1.54) is 30.4 Å². The Morgan fingerprint density at radius 2 is 1.76 bits per heavy atom. The van der Waals surface area contributed by atoms with E-state index < -0.39 is 11.4 Å². The summed E-state index contributed by atoms with van der Waals surface area (Å²) in [6.07, 6.45) is 5.64. The van der Waals surface area contributed by atoms with Crippen LogP contribution in [0.3, 0.4) is 0 Å². The third-order valence-electron chi connectivity index (χ3n) is 4.90. The maximum atomic E-state index is 12.8. The number of thioether (sulfide) groups is 1. The number of carbonyl (C=O) groups is 2. The summed E-state index contributed by atoms with van der Waals surface area (Å²) in [5.41, 5.74) is 6.41. The topological polar surface area (TPSA) is 150 Å². The molecule has 4 rings (SSSR count). The van der Waals surface area contributed by atoms with Crippen molar-refractivity contribution < 1.29 is 14.0 Å². The van der Waals surface area contributed by atoms with Crippen molar-refractivity contribution in [2.45, 2.75) is 0 Å². The zero-order valence-corrected chi connectivity index (χ0v) is 17.7. The molecule has 2 aromatic rings. The minimum absolute atomic E-state index is 0.0119. The lowest BCUT2D eigenvalue weighted by molar-refractivity contribution is -0.110. The number of para-hydroxylation sites is 1. The maximum Gasteiger partial charge on any atom is 0.347 e. The van der Waals surface area contributed by atoms with E-state index in [4.69, 9.17) is 10.2 Å². The molecular weight excluding hydrogens is 440 g/mol. The fourth-order valence-corrected chi connectivity index (χ4v) is 4.24. The van der Waals surface area contributed by atoms with E-state index in [0.717, 1.165) is 11.8 Å². The van der Waals surface area contributed by atoms with Crippen LogP contribution < -0.4 is 16.7 Å². The average Bonchev–Trinajstić information content (AvgIpc) is 2.82. The van der Waals surface area contributed by atoms with E-state index in [-0.39, 0.29) is 44.7 Å². The molecule has 3 N–H and O–H groups in total. The molecule has 1 aromatic heterocycles. The van der Waals surface area contributed by atoms with E-state index in [9.17, 15) is 24.9 Å². The normalized spacial score (nSPS) is 15.5. The molecule has 0 fully saturated rings. The van der Waals surface area contributed by atoms with Gasteiger partial charge in [0.1, 0.15) is 34.7 Å². The second kappa shape index (κ2) is 8.87. The van der Waals surface area contributed by atoms with Crippen LogP contribution in [0, 0.1) is 22.7 Å². The molecule has 33 heavy (non-hydrogen) atoms. The Hall–Kier alpha value is -4.60. The quantitative estimate of drug-likeness (QED) is 0.525.